The molecule has 0 heterocycles. The number of nitrogen functional groups attached to an aromatic ring is 1. The molecule has 0 unspecified atom stereocenters. The summed E-state index contributed by atoms with van der Waals surface area (Å²) in [6.45, 7) is 0. The molecule has 0 aliphatic rings. The Morgan fingerprint density at radius 3 is 2.69 bits per heavy atom. The van der Waals surface area contributed by atoms with Crippen LogP contribution in [0.25, 0.3) is 0 Å². The van der Waals surface area contributed by atoms with Crippen molar-refractivity contribution in [1.82, 2.24) is 0 Å². The average molecular weight is 376 g/mol. The number of rotatable bonds is 1. The summed E-state index contributed by atoms with van der Waals surface area (Å²) in [6, 6.07) is 1.47. The quantitative estimate of drug-likeness (QED) is 0.450. The van der Waals surface area contributed by atoms with Crippen LogP contribution in [0.5, 0.6) is 0 Å². The van der Waals surface area contributed by atoms with Gasteiger partial charge >= 0.3 is 5.97 Å². The van der Waals surface area contributed by atoms with Crippen molar-refractivity contribution in [3.63, 3.8) is 0 Å². The predicted molar refractivity (Wildman–Crippen MR) is 63.2 cm³/mol. The molecule has 0 bridgehead atoms. The molecule has 0 aliphatic heterocycles. The van der Waals surface area contributed by atoms with Crippen LogP contribution in [0.2, 0.25) is 5.02 Å². The lowest BCUT2D eigenvalue weighted by Gasteiger charge is -2.06. The number of anilines is 1. The summed E-state index contributed by atoms with van der Waals surface area (Å²) >= 11 is 11.0. The predicted octanol–water partition coefficient (Wildman–Crippen LogP) is 2.99. The van der Waals surface area contributed by atoms with Gasteiger partial charge in [-0.2, -0.15) is 0 Å². The molecule has 6 heteroatoms. The summed E-state index contributed by atoms with van der Waals surface area (Å²) in [6.07, 6.45) is 0. The number of hydrogen-bond acceptors (Lipinski definition) is 2. The second kappa shape index (κ2) is 4.02. The molecule has 0 aromatic heterocycles. The maximum absolute atomic E-state index is 10.7. The van der Waals surface area contributed by atoms with E-state index in [2.05, 4.69) is 15.9 Å². The van der Waals surface area contributed by atoms with Crippen LogP contribution in [0.15, 0.2) is 10.5 Å². The van der Waals surface area contributed by atoms with Gasteiger partial charge in [0.05, 0.1) is 20.7 Å². The van der Waals surface area contributed by atoms with Crippen molar-refractivity contribution in [2.45, 2.75) is 0 Å². The summed E-state index contributed by atoms with van der Waals surface area (Å²) in [4.78, 5) is 10.7. The van der Waals surface area contributed by atoms with E-state index in [4.69, 9.17) is 22.4 Å². The fourth-order valence-electron chi connectivity index (χ4n) is 0.786. The molecule has 1 rings (SSSR count). The van der Waals surface area contributed by atoms with Crippen molar-refractivity contribution in [2.24, 2.45) is 0 Å². The Morgan fingerprint density at radius 1 is 1.69 bits per heavy atom. The first-order valence-corrected chi connectivity index (χ1v) is 5.36. The first kappa shape index (κ1) is 11.1. The maximum Gasteiger partial charge on any atom is 0.337 e. The third-order valence-electron chi connectivity index (χ3n) is 1.43. The minimum Gasteiger partial charge on any atom is -0.478 e. The second-order valence-corrected chi connectivity index (χ2v) is 4.59. The molecule has 0 saturated carbocycles. The lowest BCUT2D eigenvalue weighted by atomic mass is 10.2. The summed E-state index contributed by atoms with van der Waals surface area (Å²) in [5.74, 6) is -1.08. The highest BCUT2D eigenvalue weighted by molar-refractivity contribution is 14.1. The summed E-state index contributed by atoms with van der Waals surface area (Å²) in [5.41, 5.74) is 5.62. The van der Waals surface area contributed by atoms with Crippen LogP contribution in [0.4, 0.5) is 5.69 Å². The maximum atomic E-state index is 10.7. The van der Waals surface area contributed by atoms with E-state index in [0.717, 1.165) is 0 Å². The Labute approximate surface area is 102 Å². The van der Waals surface area contributed by atoms with E-state index in [9.17, 15) is 4.79 Å². The fraction of sp³-hybridized carbons (Fsp3) is 0. The van der Waals surface area contributed by atoms with Gasteiger partial charge in [0.2, 0.25) is 0 Å². The highest BCUT2D eigenvalue weighted by Crippen LogP contribution is 2.35. The summed E-state index contributed by atoms with van der Waals surface area (Å²) < 4.78 is 1.34. The molecule has 0 fully saturated rings. The van der Waals surface area contributed by atoms with Crippen molar-refractivity contribution in [1.29, 1.82) is 0 Å². The molecule has 0 saturated heterocycles. The van der Waals surface area contributed by atoms with E-state index < -0.39 is 5.97 Å². The topological polar surface area (TPSA) is 63.3 Å². The molecule has 0 radical (unpaired) electrons. The molecule has 70 valence electrons. The SMILES string of the molecule is Nc1c(C(=O)O)cc(I)c(Br)c1Cl. The zero-order chi connectivity index (χ0) is 10.2. The van der Waals surface area contributed by atoms with Crippen LogP contribution >= 0.6 is 50.1 Å². The van der Waals surface area contributed by atoms with Crippen LogP contribution < -0.4 is 5.73 Å². The Hall–Kier alpha value is -0.0100. The van der Waals surface area contributed by atoms with Crippen LogP contribution in [-0.2, 0) is 0 Å². The smallest absolute Gasteiger partial charge is 0.337 e. The number of carboxylic acid groups (broad SMARTS) is 1. The zero-order valence-electron chi connectivity index (χ0n) is 6.14. The zero-order valence-corrected chi connectivity index (χ0v) is 10.6. The van der Waals surface area contributed by atoms with Crippen LogP contribution in [0.1, 0.15) is 10.4 Å². The van der Waals surface area contributed by atoms with Gasteiger partial charge < -0.3 is 10.8 Å². The summed E-state index contributed by atoms with van der Waals surface area (Å²) in [7, 11) is 0. The normalized spacial score (nSPS) is 10.1. The van der Waals surface area contributed by atoms with Gasteiger partial charge in [0.1, 0.15) is 0 Å². The largest absolute Gasteiger partial charge is 0.478 e. The Bertz CT molecular complexity index is 383. The first-order chi connectivity index (χ1) is 5.95. The Balaban J connectivity index is 3.50. The molecule has 3 nitrogen and oxygen atoms in total. The van der Waals surface area contributed by atoms with Gasteiger partial charge in [-0.25, -0.2) is 4.79 Å². The van der Waals surface area contributed by atoms with Gasteiger partial charge in [0, 0.05) is 3.57 Å². The number of hydrogen-bond donors (Lipinski definition) is 2. The number of nitrogens with two attached hydrogens (primary N) is 1. The number of benzene rings is 1. The molecule has 3 N–H and O–H groups in total. The van der Waals surface area contributed by atoms with Gasteiger partial charge in [-0.3, -0.25) is 0 Å². The van der Waals surface area contributed by atoms with Gasteiger partial charge in [-0.15, -0.1) is 0 Å². The van der Waals surface area contributed by atoms with E-state index >= 15 is 0 Å². The Kier molecular flexibility index (Phi) is 3.42. The average Bonchev–Trinajstić information content (AvgIpc) is 2.07. The van der Waals surface area contributed by atoms with E-state index in [0.29, 0.717) is 8.04 Å². The number of carbonyl (C=O) groups is 1. The van der Waals surface area contributed by atoms with Crippen molar-refractivity contribution in [3.05, 3.63) is 24.7 Å². The van der Waals surface area contributed by atoms with Crippen LogP contribution in [0, 0.1) is 3.57 Å². The molecule has 0 atom stereocenters. The highest BCUT2D eigenvalue weighted by Gasteiger charge is 2.15. The number of aromatic carboxylic acids is 1. The number of carboxylic acids is 1. The van der Waals surface area contributed by atoms with Crippen molar-refractivity contribution < 1.29 is 9.90 Å². The minimum absolute atomic E-state index is 0.0256. The Morgan fingerprint density at radius 2 is 2.23 bits per heavy atom. The lowest BCUT2D eigenvalue weighted by Crippen LogP contribution is -2.04. The third kappa shape index (κ3) is 2.08. The standard InChI is InChI=1S/C7H4BrClINO2/c8-4-3(10)1-2(7(12)13)6(11)5(4)9/h1H,11H2,(H,12,13). The van der Waals surface area contributed by atoms with E-state index in [1.54, 1.807) is 0 Å². The van der Waals surface area contributed by atoms with Gasteiger partial charge in [-0.05, 0) is 44.6 Å². The highest BCUT2D eigenvalue weighted by atomic mass is 127. The van der Waals surface area contributed by atoms with E-state index in [1.165, 1.54) is 6.07 Å². The number of halogens is 3. The monoisotopic (exact) mass is 375 g/mol. The molecule has 13 heavy (non-hydrogen) atoms. The molecule has 0 aliphatic carbocycles. The first-order valence-electron chi connectivity index (χ1n) is 3.11. The molecule has 1 aromatic carbocycles. The van der Waals surface area contributed by atoms with Gasteiger partial charge in [-0.1, -0.05) is 11.6 Å². The minimum atomic E-state index is -1.08. The lowest BCUT2D eigenvalue weighted by molar-refractivity contribution is 0.0698. The van der Waals surface area contributed by atoms with Crippen LogP contribution in [0.3, 0.4) is 0 Å². The van der Waals surface area contributed by atoms with Crippen molar-refractivity contribution in [2.75, 3.05) is 5.73 Å². The van der Waals surface area contributed by atoms with Crippen LogP contribution in [-0.4, -0.2) is 11.1 Å². The second-order valence-electron chi connectivity index (χ2n) is 2.25. The van der Waals surface area contributed by atoms with Gasteiger partial charge in [0.15, 0.2) is 0 Å². The molecule has 0 amide bonds. The molecule has 1 aromatic rings. The van der Waals surface area contributed by atoms with Crippen molar-refractivity contribution >= 4 is 61.8 Å². The van der Waals surface area contributed by atoms with E-state index in [-0.39, 0.29) is 16.3 Å². The van der Waals surface area contributed by atoms with Crippen molar-refractivity contribution in [3.8, 4) is 0 Å². The molecule has 0 spiro atoms. The molecular formula is C7H4BrClINO2. The third-order valence-corrected chi connectivity index (χ3v) is 4.47. The van der Waals surface area contributed by atoms with E-state index in [1.807, 2.05) is 22.6 Å². The fourth-order valence-corrected chi connectivity index (χ4v) is 2.06. The van der Waals surface area contributed by atoms with Gasteiger partial charge in [0.25, 0.3) is 0 Å². The molecular weight excluding hydrogens is 372 g/mol. The summed E-state index contributed by atoms with van der Waals surface area (Å²) in [5, 5.41) is 8.99.